The zero-order valence-electron chi connectivity index (χ0n) is 17.4. The first-order chi connectivity index (χ1) is 13.1. The molecular weight excluding hydrogens is 359 g/mol. The number of hydrogen-bond donors (Lipinski definition) is 2. The first kappa shape index (κ1) is 23.5. The molecule has 1 rings (SSSR count). The van der Waals surface area contributed by atoms with E-state index in [1.807, 2.05) is 20.9 Å². The van der Waals surface area contributed by atoms with Crippen molar-refractivity contribution in [2.45, 2.75) is 40.5 Å². The fourth-order valence-electron chi connectivity index (χ4n) is 2.72. The number of carbonyl (C=O) groups is 2. The molecule has 1 aromatic rings. The quantitative estimate of drug-likeness (QED) is 0.475. The highest BCUT2D eigenvalue weighted by Gasteiger charge is 2.16. The van der Waals surface area contributed by atoms with E-state index in [-0.39, 0.29) is 12.2 Å². The number of nitrogens with zero attached hydrogens (tertiary/aromatic N) is 2. The van der Waals surface area contributed by atoms with E-state index < -0.39 is 17.6 Å². The Balaban J connectivity index is 3.25. The van der Waals surface area contributed by atoms with Gasteiger partial charge < -0.3 is 16.0 Å². The molecule has 2 amide bonds. The van der Waals surface area contributed by atoms with Crippen molar-refractivity contribution in [3.8, 4) is 0 Å². The predicted octanol–water partition coefficient (Wildman–Crippen LogP) is 2.55. The lowest BCUT2D eigenvalue weighted by molar-refractivity contribution is -0.122. The van der Waals surface area contributed by atoms with Gasteiger partial charge in [0, 0.05) is 17.8 Å². The van der Waals surface area contributed by atoms with Crippen LogP contribution >= 0.6 is 0 Å². The molecule has 0 saturated carbocycles. The summed E-state index contributed by atoms with van der Waals surface area (Å²) in [5, 5.41) is 2.47. The number of nitrogens with one attached hydrogen (secondary N) is 1. The Labute approximate surface area is 166 Å². The van der Waals surface area contributed by atoms with Crippen molar-refractivity contribution >= 4 is 17.5 Å². The van der Waals surface area contributed by atoms with Crippen LogP contribution in [0.25, 0.3) is 0 Å². The number of benzene rings is 1. The summed E-state index contributed by atoms with van der Waals surface area (Å²) in [5.41, 5.74) is 7.64. The number of halogens is 1. The van der Waals surface area contributed by atoms with Gasteiger partial charge in [-0.15, -0.1) is 0 Å². The minimum Gasteiger partial charge on any atom is -0.368 e. The lowest BCUT2D eigenvalue weighted by atomic mass is 10.1. The van der Waals surface area contributed by atoms with Gasteiger partial charge in [-0.2, -0.15) is 0 Å². The fraction of sp³-hybridized carbons (Fsp3) is 0.476. The molecule has 6 nitrogen and oxygen atoms in total. The van der Waals surface area contributed by atoms with Crippen LogP contribution in [0.2, 0.25) is 0 Å². The number of primary amides is 1. The van der Waals surface area contributed by atoms with Gasteiger partial charge in [0.1, 0.15) is 11.5 Å². The number of likely N-dealkylation sites (N-methyl/N-ethyl adjacent to an activating group) is 1. The number of rotatable bonds is 10. The van der Waals surface area contributed by atoms with Gasteiger partial charge in [0.2, 0.25) is 5.91 Å². The monoisotopic (exact) mass is 390 g/mol. The van der Waals surface area contributed by atoms with Crippen LogP contribution in [-0.2, 0) is 9.59 Å². The highest BCUT2D eigenvalue weighted by atomic mass is 19.1. The molecule has 0 unspecified atom stereocenters. The number of aryl methyl sites for hydroxylation is 1. The second-order valence-electron chi connectivity index (χ2n) is 7.05. The zero-order valence-corrected chi connectivity index (χ0v) is 17.4. The standard InChI is InChI=1S/C21H31FN4O2/c1-6-7-10-26(5)13-15(3)20(21(28)24-12-19(23)27)25-16(4)17-11-14(2)8-9-18(17)22/h8-9,11H,6-7,10,12-13H2,1-5H3,(H2,23,27)(H,24,28)/b20-15+,25-16?. The van der Waals surface area contributed by atoms with Crippen molar-refractivity contribution < 1.29 is 14.0 Å². The Hall–Kier alpha value is -2.54. The third-order valence-corrected chi connectivity index (χ3v) is 4.23. The lowest BCUT2D eigenvalue weighted by Crippen LogP contribution is -2.35. The third kappa shape index (κ3) is 7.60. The highest BCUT2D eigenvalue weighted by Crippen LogP contribution is 2.15. The molecule has 7 heteroatoms. The largest absolute Gasteiger partial charge is 0.368 e. The summed E-state index contributed by atoms with van der Waals surface area (Å²) in [7, 11) is 1.97. The van der Waals surface area contributed by atoms with Gasteiger partial charge in [-0.3, -0.25) is 9.59 Å². The molecule has 0 atom stereocenters. The normalized spacial score (nSPS) is 12.8. The molecular formula is C21H31FN4O2. The van der Waals surface area contributed by atoms with E-state index in [0.29, 0.717) is 17.8 Å². The number of hydrogen-bond acceptors (Lipinski definition) is 4. The van der Waals surface area contributed by atoms with Crippen molar-refractivity contribution in [3.63, 3.8) is 0 Å². The molecule has 154 valence electrons. The highest BCUT2D eigenvalue weighted by molar-refractivity contribution is 6.04. The predicted molar refractivity (Wildman–Crippen MR) is 111 cm³/mol. The summed E-state index contributed by atoms with van der Waals surface area (Å²) in [4.78, 5) is 30.1. The molecule has 0 aliphatic carbocycles. The summed E-state index contributed by atoms with van der Waals surface area (Å²) >= 11 is 0. The van der Waals surface area contributed by atoms with E-state index in [2.05, 4.69) is 22.1 Å². The van der Waals surface area contributed by atoms with Crippen molar-refractivity contribution in [1.82, 2.24) is 10.2 Å². The molecule has 28 heavy (non-hydrogen) atoms. The van der Waals surface area contributed by atoms with Gasteiger partial charge in [0.05, 0.1) is 6.54 Å². The number of unbranched alkanes of at least 4 members (excludes halogenated alkanes) is 1. The van der Waals surface area contributed by atoms with Crippen LogP contribution in [-0.4, -0.2) is 49.1 Å². The Morgan fingerprint density at radius 3 is 2.57 bits per heavy atom. The maximum atomic E-state index is 14.2. The van der Waals surface area contributed by atoms with E-state index in [1.165, 1.54) is 6.07 Å². The fourth-order valence-corrected chi connectivity index (χ4v) is 2.72. The second kappa shape index (κ2) is 11.3. The van der Waals surface area contributed by atoms with E-state index in [9.17, 15) is 14.0 Å². The van der Waals surface area contributed by atoms with Crippen molar-refractivity contribution in [3.05, 3.63) is 46.4 Å². The first-order valence-corrected chi connectivity index (χ1v) is 9.42. The number of amides is 2. The molecule has 1 aromatic carbocycles. The van der Waals surface area contributed by atoms with Crippen LogP contribution in [0.3, 0.4) is 0 Å². The maximum Gasteiger partial charge on any atom is 0.270 e. The second-order valence-corrected chi connectivity index (χ2v) is 7.05. The Bertz CT molecular complexity index is 772. The van der Waals surface area contributed by atoms with Gasteiger partial charge in [-0.1, -0.05) is 25.0 Å². The van der Waals surface area contributed by atoms with Gasteiger partial charge >= 0.3 is 0 Å². The van der Waals surface area contributed by atoms with Gasteiger partial charge in [0.25, 0.3) is 5.91 Å². The van der Waals surface area contributed by atoms with Gasteiger partial charge in [-0.25, -0.2) is 9.38 Å². The number of nitrogens with two attached hydrogens (primary N) is 1. The van der Waals surface area contributed by atoms with E-state index in [1.54, 1.807) is 19.1 Å². The molecule has 0 bridgehead atoms. The lowest BCUT2D eigenvalue weighted by Gasteiger charge is -2.18. The molecule has 0 fully saturated rings. The van der Waals surface area contributed by atoms with Crippen LogP contribution in [0.15, 0.2) is 34.5 Å². The van der Waals surface area contributed by atoms with Crippen LogP contribution in [0.1, 0.15) is 44.7 Å². The number of carbonyl (C=O) groups excluding carboxylic acids is 2. The summed E-state index contributed by atoms with van der Waals surface area (Å²) < 4.78 is 14.2. The molecule has 0 radical (unpaired) electrons. The average molecular weight is 391 g/mol. The summed E-state index contributed by atoms with van der Waals surface area (Å²) in [6.07, 6.45) is 2.12. The van der Waals surface area contributed by atoms with E-state index in [4.69, 9.17) is 5.73 Å². The zero-order chi connectivity index (χ0) is 21.3. The topological polar surface area (TPSA) is 87.8 Å². The van der Waals surface area contributed by atoms with Crippen molar-refractivity contribution in [2.24, 2.45) is 10.7 Å². The summed E-state index contributed by atoms with van der Waals surface area (Å²) in [6, 6.07) is 4.75. The molecule has 0 aromatic heterocycles. The minimum absolute atomic E-state index is 0.169. The average Bonchev–Trinajstić information content (AvgIpc) is 2.63. The van der Waals surface area contributed by atoms with Gasteiger partial charge in [0.15, 0.2) is 0 Å². The van der Waals surface area contributed by atoms with Crippen LogP contribution in [0.4, 0.5) is 4.39 Å². The summed E-state index contributed by atoms with van der Waals surface area (Å²) in [5.74, 6) is -1.55. The van der Waals surface area contributed by atoms with Crippen molar-refractivity contribution in [1.29, 1.82) is 0 Å². The summed E-state index contributed by atoms with van der Waals surface area (Å²) in [6.45, 7) is 8.59. The molecule has 3 N–H and O–H groups in total. The maximum absolute atomic E-state index is 14.2. The van der Waals surface area contributed by atoms with Crippen LogP contribution < -0.4 is 11.1 Å². The SMILES string of the molecule is CCCCN(C)C/C(C)=C(/N=C(C)c1cc(C)ccc1F)C(=O)NCC(N)=O. The Kier molecular flexibility index (Phi) is 9.51. The van der Waals surface area contributed by atoms with E-state index >= 15 is 0 Å². The minimum atomic E-state index is -0.643. The molecule has 0 aliphatic rings. The molecule has 0 aliphatic heterocycles. The molecule has 0 heterocycles. The van der Waals surface area contributed by atoms with Crippen LogP contribution in [0.5, 0.6) is 0 Å². The molecule has 0 saturated heterocycles. The van der Waals surface area contributed by atoms with E-state index in [0.717, 1.165) is 30.5 Å². The van der Waals surface area contributed by atoms with Crippen molar-refractivity contribution in [2.75, 3.05) is 26.7 Å². The first-order valence-electron chi connectivity index (χ1n) is 9.42. The third-order valence-electron chi connectivity index (χ3n) is 4.23. The van der Waals surface area contributed by atoms with Crippen LogP contribution in [0, 0.1) is 12.7 Å². The molecule has 0 spiro atoms. The Morgan fingerprint density at radius 1 is 1.29 bits per heavy atom. The smallest absolute Gasteiger partial charge is 0.270 e. The number of aliphatic imine (C=N–C) groups is 1. The van der Waals surface area contributed by atoms with Gasteiger partial charge in [-0.05, 0) is 58.5 Å². The Morgan fingerprint density at radius 2 is 1.96 bits per heavy atom.